The SMILES string of the molecule is CSCCNC1CC(c2ccc(Cl)cc2)C1. The first-order valence-electron chi connectivity index (χ1n) is 5.77. The lowest BCUT2D eigenvalue weighted by atomic mass is 9.76. The summed E-state index contributed by atoms with van der Waals surface area (Å²) in [4.78, 5) is 0. The Morgan fingerprint density at radius 2 is 2.00 bits per heavy atom. The predicted molar refractivity (Wildman–Crippen MR) is 73.6 cm³/mol. The molecule has 0 heterocycles. The van der Waals surface area contributed by atoms with E-state index in [2.05, 4.69) is 23.7 Å². The van der Waals surface area contributed by atoms with Gasteiger partial charge >= 0.3 is 0 Å². The van der Waals surface area contributed by atoms with Gasteiger partial charge in [-0.2, -0.15) is 11.8 Å². The van der Waals surface area contributed by atoms with E-state index >= 15 is 0 Å². The van der Waals surface area contributed by atoms with Crippen molar-refractivity contribution in [3.05, 3.63) is 34.9 Å². The minimum absolute atomic E-state index is 0.729. The maximum atomic E-state index is 5.88. The molecule has 0 spiro atoms. The second-order valence-electron chi connectivity index (χ2n) is 4.36. The molecule has 1 aliphatic carbocycles. The normalized spacial score (nSPS) is 24.1. The molecule has 1 nitrogen and oxygen atoms in total. The molecule has 0 saturated heterocycles. The Morgan fingerprint density at radius 1 is 1.31 bits per heavy atom. The van der Waals surface area contributed by atoms with Gasteiger partial charge in [0.05, 0.1) is 0 Å². The molecule has 88 valence electrons. The summed E-state index contributed by atoms with van der Waals surface area (Å²) in [6, 6.07) is 9.03. The molecule has 1 fully saturated rings. The molecular formula is C13H18ClNS. The third-order valence-electron chi connectivity index (χ3n) is 3.22. The zero-order chi connectivity index (χ0) is 11.4. The van der Waals surface area contributed by atoms with Crippen molar-refractivity contribution in [2.45, 2.75) is 24.8 Å². The predicted octanol–water partition coefficient (Wildman–Crippen LogP) is 3.54. The van der Waals surface area contributed by atoms with Crippen LogP contribution in [0.3, 0.4) is 0 Å². The van der Waals surface area contributed by atoms with Crippen LogP contribution in [0.2, 0.25) is 5.02 Å². The van der Waals surface area contributed by atoms with Gasteiger partial charge in [0.15, 0.2) is 0 Å². The molecule has 0 bridgehead atoms. The Bertz CT molecular complexity index is 319. The standard InChI is InChI=1S/C13H18ClNS/c1-16-7-6-15-13-8-11(9-13)10-2-4-12(14)5-3-10/h2-5,11,13,15H,6-9H2,1H3. The number of halogens is 1. The average molecular weight is 256 g/mol. The van der Waals surface area contributed by atoms with Crippen molar-refractivity contribution in [1.29, 1.82) is 0 Å². The Morgan fingerprint density at radius 3 is 2.62 bits per heavy atom. The molecule has 0 atom stereocenters. The van der Waals surface area contributed by atoms with E-state index in [1.807, 2.05) is 23.9 Å². The Balaban J connectivity index is 1.73. The van der Waals surface area contributed by atoms with Gasteiger partial charge in [-0.15, -0.1) is 0 Å². The van der Waals surface area contributed by atoms with Crippen molar-refractivity contribution >= 4 is 23.4 Å². The summed E-state index contributed by atoms with van der Waals surface area (Å²) in [6.07, 6.45) is 4.70. The minimum atomic E-state index is 0.729. The first-order chi connectivity index (χ1) is 7.79. The van der Waals surface area contributed by atoms with Crippen molar-refractivity contribution in [3.63, 3.8) is 0 Å². The van der Waals surface area contributed by atoms with Gasteiger partial charge < -0.3 is 5.32 Å². The molecule has 1 N–H and O–H groups in total. The van der Waals surface area contributed by atoms with E-state index in [-0.39, 0.29) is 0 Å². The van der Waals surface area contributed by atoms with Gasteiger partial charge in [-0.25, -0.2) is 0 Å². The lowest BCUT2D eigenvalue weighted by Gasteiger charge is -2.36. The van der Waals surface area contributed by atoms with Crippen LogP contribution in [-0.2, 0) is 0 Å². The zero-order valence-electron chi connectivity index (χ0n) is 9.58. The molecule has 0 radical (unpaired) electrons. The fourth-order valence-electron chi connectivity index (χ4n) is 2.16. The van der Waals surface area contributed by atoms with Gasteiger partial charge in [-0.05, 0) is 42.7 Å². The van der Waals surface area contributed by atoms with Gasteiger partial charge in [0.1, 0.15) is 0 Å². The smallest absolute Gasteiger partial charge is 0.0406 e. The van der Waals surface area contributed by atoms with Gasteiger partial charge in [-0.1, -0.05) is 23.7 Å². The Kier molecular flexibility index (Phi) is 4.56. The third kappa shape index (κ3) is 3.16. The van der Waals surface area contributed by atoms with Crippen molar-refractivity contribution in [3.8, 4) is 0 Å². The first kappa shape index (κ1) is 12.3. The summed E-state index contributed by atoms with van der Waals surface area (Å²) in [5.74, 6) is 1.95. The van der Waals surface area contributed by atoms with Crippen molar-refractivity contribution < 1.29 is 0 Å². The molecule has 1 aromatic rings. The number of rotatable bonds is 5. The van der Waals surface area contributed by atoms with Crippen LogP contribution in [0.4, 0.5) is 0 Å². The molecule has 0 aromatic heterocycles. The summed E-state index contributed by atoms with van der Waals surface area (Å²) < 4.78 is 0. The number of hydrogen-bond acceptors (Lipinski definition) is 2. The maximum Gasteiger partial charge on any atom is 0.0406 e. The first-order valence-corrected chi connectivity index (χ1v) is 7.54. The zero-order valence-corrected chi connectivity index (χ0v) is 11.2. The highest BCUT2D eigenvalue weighted by atomic mass is 35.5. The highest BCUT2D eigenvalue weighted by molar-refractivity contribution is 7.98. The number of benzene rings is 1. The minimum Gasteiger partial charge on any atom is -0.313 e. The van der Waals surface area contributed by atoms with Crippen LogP contribution in [0.5, 0.6) is 0 Å². The van der Waals surface area contributed by atoms with E-state index in [1.54, 1.807) is 0 Å². The van der Waals surface area contributed by atoms with E-state index in [0.29, 0.717) is 0 Å². The van der Waals surface area contributed by atoms with Crippen LogP contribution >= 0.6 is 23.4 Å². The summed E-state index contributed by atoms with van der Waals surface area (Å²) in [5.41, 5.74) is 1.44. The maximum absolute atomic E-state index is 5.88. The molecule has 1 aromatic carbocycles. The molecule has 0 unspecified atom stereocenters. The molecule has 3 heteroatoms. The van der Waals surface area contributed by atoms with Gasteiger partial charge in [0.25, 0.3) is 0 Å². The van der Waals surface area contributed by atoms with E-state index in [0.717, 1.165) is 23.5 Å². The van der Waals surface area contributed by atoms with Crippen molar-refractivity contribution in [2.24, 2.45) is 0 Å². The number of nitrogens with one attached hydrogen (secondary N) is 1. The lowest BCUT2D eigenvalue weighted by molar-refractivity contribution is 0.296. The molecule has 0 amide bonds. The van der Waals surface area contributed by atoms with Crippen LogP contribution in [0, 0.1) is 0 Å². The Labute approximate surface area is 107 Å². The molecular weight excluding hydrogens is 238 g/mol. The molecule has 1 aliphatic rings. The number of thioether (sulfide) groups is 1. The summed E-state index contributed by atoms with van der Waals surface area (Å²) in [5, 5.41) is 4.42. The number of hydrogen-bond donors (Lipinski definition) is 1. The third-order valence-corrected chi connectivity index (χ3v) is 4.08. The van der Waals surface area contributed by atoms with Crippen LogP contribution in [0.15, 0.2) is 24.3 Å². The summed E-state index contributed by atoms with van der Waals surface area (Å²) in [6.45, 7) is 1.14. The second-order valence-corrected chi connectivity index (χ2v) is 5.79. The molecule has 16 heavy (non-hydrogen) atoms. The van der Waals surface area contributed by atoms with Crippen LogP contribution < -0.4 is 5.32 Å². The van der Waals surface area contributed by atoms with E-state index in [9.17, 15) is 0 Å². The van der Waals surface area contributed by atoms with Crippen molar-refractivity contribution in [2.75, 3.05) is 18.6 Å². The Hall–Kier alpha value is -0.180. The largest absolute Gasteiger partial charge is 0.313 e. The molecule has 0 aliphatic heterocycles. The fourth-order valence-corrected chi connectivity index (χ4v) is 2.60. The average Bonchev–Trinajstić information content (AvgIpc) is 2.23. The van der Waals surface area contributed by atoms with Crippen molar-refractivity contribution in [1.82, 2.24) is 5.32 Å². The lowest BCUT2D eigenvalue weighted by Crippen LogP contribution is -2.41. The highest BCUT2D eigenvalue weighted by Gasteiger charge is 2.29. The van der Waals surface area contributed by atoms with Gasteiger partial charge in [0, 0.05) is 23.4 Å². The summed E-state index contributed by atoms with van der Waals surface area (Å²) >= 11 is 7.78. The van der Waals surface area contributed by atoms with Gasteiger partial charge in [-0.3, -0.25) is 0 Å². The van der Waals surface area contributed by atoms with Crippen LogP contribution in [0.1, 0.15) is 24.3 Å². The highest BCUT2D eigenvalue weighted by Crippen LogP contribution is 2.37. The van der Waals surface area contributed by atoms with Crippen LogP contribution in [-0.4, -0.2) is 24.6 Å². The topological polar surface area (TPSA) is 12.0 Å². The summed E-state index contributed by atoms with van der Waals surface area (Å²) in [7, 11) is 0. The second kappa shape index (κ2) is 5.95. The van der Waals surface area contributed by atoms with E-state index in [1.165, 1.54) is 24.2 Å². The monoisotopic (exact) mass is 255 g/mol. The fraction of sp³-hybridized carbons (Fsp3) is 0.538. The molecule has 2 rings (SSSR count). The van der Waals surface area contributed by atoms with E-state index < -0.39 is 0 Å². The van der Waals surface area contributed by atoms with Gasteiger partial charge in [0.2, 0.25) is 0 Å². The van der Waals surface area contributed by atoms with Crippen LogP contribution in [0.25, 0.3) is 0 Å². The quantitative estimate of drug-likeness (QED) is 0.808. The van der Waals surface area contributed by atoms with E-state index in [4.69, 9.17) is 11.6 Å². The molecule has 1 saturated carbocycles.